The fourth-order valence-electron chi connectivity index (χ4n) is 6.99. The molecular weight excluding hydrogens is 328 g/mol. The third-order valence-electron chi connectivity index (χ3n) is 7.72. The average molecular weight is 354 g/mol. The zero-order chi connectivity index (χ0) is 18.3. The van der Waals surface area contributed by atoms with Crippen LogP contribution in [-0.2, 0) is 14.9 Å². The average Bonchev–Trinajstić information content (AvgIpc) is 3.03. The van der Waals surface area contributed by atoms with Crippen molar-refractivity contribution < 1.29 is 14.6 Å². The van der Waals surface area contributed by atoms with Gasteiger partial charge in [0, 0.05) is 25.8 Å². The van der Waals surface area contributed by atoms with Crippen molar-refractivity contribution in [3.8, 4) is 0 Å². The van der Waals surface area contributed by atoms with E-state index in [-0.39, 0.29) is 17.8 Å². The van der Waals surface area contributed by atoms with Gasteiger partial charge in [-0.2, -0.15) is 0 Å². The quantitative estimate of drug-likeness (QED) is 0.617. The van der Waals surface area contributed by atoms with E-state index in [1.165, 1.54) is 18.2 Å². The number of rotatable bonds is 1. The summed E-state index contributed by atoms with van der Waals surface area (Å²) in [6.45, 7) is 3.74. The lowest BCUT2D eigenvalue weighted by Gasteiger charge is -2.56. The van der Waals surface area contributed by atoms with Gasteiger partial charge in [-0.3, -0.25) is 9.69 Å². The number of aliphatic hydroxyl groups is 1. The van der Waals surface area contributed by atoms with Crippen molar-refractivity contribution in [2.45, 2.75) is 36.9 Å². The molecule has 4 heterocycles. The number of likely N-dealkylation sites (N-methyl/N-ethyl adjacent to an activating group) is 1. The molecule has 26 heavy (non-hydrogen) atoms. The van der Waals surface area contributed by atoms with Gasteiger partial charge >= 0.3 is 5.97 Å². The lowest BCUT2D eigenvalue weighted by molar-refractivity contribution is -0.159. The first-order valence-corrected chi connectivity index (χ1v) is 9.53. The number of carbonyl (C=O) groups excluding carboxylic acids is 1. The minimum absolute atomic E-state index is 0.0282. The number of benzene rings is 1. The summed E-state index contributed by atoms with van der Waals surface area (Å²) in [7, 11) is 3.57. The third-order valence-corrected chi connectivity index (χ3v) is 7.72. The fraction of sp³-hybridized carbons (Fsp3) is 0.571. The summed E-state index contributed by atoms with van der Waals surface area (Å²) in [6.07, 6.45) is 3.12. The first kappa shape index (κ1) is 16.3. The number of allylic oxidation sites excluding steroid dienone is 1. The van der Waals surface area contributed by atoms with Gasteiger partial charge in [-0.15, -0.1) is 0 Å². The molecule has 5 aliphatic rings. The van der Waals surface area contributed by atoms with Crippen molar-refractivity contribution in [1.29, 1.82) is 0 Å². The molecule has 1 aliphatic carbocycles. The minimum Gasteiger partial charge on any atom is -0.469 e. The highest BCUT2D eigenvalue weighted by atomic mass is 16.5. The number of hydrogen-bond acceptors (Lipinski definition) is 5. The summed E-state index contributed by atoms with van der Waals surface area (Å²) in [5, 5.41) is 11.5. The second kappa shape index (κ2) is 5.11. The number of methoxy groups -OCH3 is 1. The van der Waals surface area contributed by atoms with Crippen LogP contribution in [0.3, 0.4) is 0 Å². The molecule has 1 saturated carbocycles. The molecule has 5 nitrogen and oxygen atoms in total. The summed E-state index contributed by atoms with van der Waals surface area (Å²) in [5.74, 6) is -0.374. The SMILES string of the molecule is C/C=C1/CN2CC[C@@]34c5ccccc5N(C)[C@@]23[C@H](O)C[C@@H]1C4C(=O)OC. The van der Waals surface area contributed by atoms with Crippen LogP contribution in [0.15, 0.2) is 35.9 Å². The second-order valence-corrected chi connectivity index (χ2v) is 8.17. The van der Waals surface area contributed by atoms with E-state index >= 15 is 0 Å². The molecule has 1 N–H and O–H groups in total. The van der Waals surface area contributed by atoms with Crippen LogP contribution in [0.5, 0.6) is 0 Å². The topological polar surface area (TPSA) is 53.0 Å². The molecule has 0 radical (unpaired) electrons. The third kappa shape index (κ3) is 1.47. The van der Waals surface area contributed by atoms with Gasteiger partial charge in [-0.25, -0.2) is 0 Å². The standard InChI is InChI=1S/C21H26N2O3/c1-4-13-12-23-10-9-20-15-7-5-6-8-16(15)22(2)21(20,23)17(24)11-14(13)18(20)19(25)26-3/h4-8,14,17-18,24H,9-12H2,1-3H3/b13-4-/t14-,17+,18?,20-,21-/m0/s1. The van der Waals surface area contributed by atoms with Gasteiger partial charge in [0.25, 0.3) is 0 Å². The highest BCUT2D eigenvalue weighted by molar-refractivity contribution is 5.82. The zero-order valence-corrected chi connectivity index (χ0v) is 15.6. The molecule has 0 amide bonds. The van der Waals surface area contributed by atoms with Gasteiger partial charge in [-0.1, -0.05) is 29.8 Å². The van der Waals surface area contributed by atoms with Crippen molar-refractivity contribution in [2.24, 2.45) is 11.8 Å². The Balaban J connectivity index is 1.88. The molecule has 2 unspecified atom stereocenters. The van der Waals surface area contributed by atoms with Gasteiger partial charge in [-0.05, 0) is 37.3 Å². The van der Waals surface area contributed by atoms with Crippen LogP contribution in [0, 0.1) is 11.8 Å². The Morgan fingerprint density at radius 2 is 2.15 bits per heavy atom. The molecule has 0 aromatic heterocycles. The Morgan fingerprint density at radius 1 is 1.38 bits per heavy atom. The number of para-hydroxylation sites is 1. The van der Waals surface area contributed by atoms with Crippen LogP contribution < -0.4 is 4.90 Å². The number of ether oxygens (including phenoxy) is 1. The van der Waals surface area contributed by atoms with Gasteiger partial charge in [0.2, 0.25) is 0 Å². The Morgan fingerprint density at radius 3 is 2.88 bits per heavy atom. The van der Waals surface area contributed by atoms with E-state index in [0.29, 0.717) is 6.42 Å². The Kier molecular flexibility index (Phi) is 3.21. The molecule has 4 fully saturated rings. The Bertz CT molecular complexity index is 821. The van der Waals surface area contributed by atoms with E-state index < -0.39 is 17.2 Å². The van der Waals surface area contributed by atoms with E-state index in [2.05, 4.69) is 41.1 Å². The van der Waals surface area contributed by atoms with E-state index in [1.807, 2.05) is 13.0 Å². The van der Waals surface area contributed by atoms with E-state index in [0.717, 1.165) is 25.2 Å². The second-order valence-electron chi connectivity index (χ2n) is 8.17. The summed E-state index contributed by atoms with van der Waals surface area (Å²) < 4.78 is 5.34. The summed E-state index contributed by atoms with van der Waals surface area (Å²) in [4.78, 5) is 17.8. The summed E-state index contributed by atoms with van der Waals surface area (Å²) >= 11 is 0. The van der Waals surface area contributed by atoms with Crippen LogP contribution in [-0.4, -0.2) is 55.0 Å². The number of hydrogen-bond donors (Lipinski definition) is 1. The maximum Gasteiger partial charge on any atom is 0.310 e. The predicted molar refractivity (Wildman–Crippen MR) is 98.8 cm³/mol. The van der Waals surface area contributed by atoms with Gasteiger partial charge < -0.3 is 14.7 Å². The van der Waals surface area contributed by atoms with Crippen LogP contribution in [0.2, 0.25) is 0 Å². The number of carbonyl (C=O) groups is 1. The number of fused-ring (bicyclic) bond motifs is 3. The van der Waals surface area contributed by atoms with Crippen LogP contribution in [0.1, 0.15) is 25.3 Å². The smallest absolute Gasteiger partial charge is 0.310 e. The molecule has 6 atom stereocenters. The van der Waals surface area contributed by atoms with Crippen molar-refractivity contribution in [2.75, 3.05) is 32.1 Å². The number of nitrogens with zero attached hydrogens (tertiary/aromatic N) is 2. The minimum atomic E-state index is -0.573. The molecule has 1 spiro atoms. The van der Waals surface area contributed by atoms with Crippen LogP contribution in [0.4, 0.5) is 5.69 Å². The maximum absolute atomic E-state index is 13.1. The highest BCUT2D eigenvalue weighted by Crippen LogP contribution is 2.69. The van der Waals surface area contributed by atoms with Crippen molar-refractivity contribution in [1.82, 2.24) is 4.90 Å². The molecule has 6 rings (SSSR count). The lowest BCUT2D eigenvalue weighted by Crippen LogP contribution is -2.73. The predicted octanol–water partition coefficient (Wildman–Crippen LogP) is 1.91. The monoisotopic (exact) mass is 354 g/mol. The molecule has 4 bridgehead atoms. The maximum atomic E-state index is 13.1. The number of esters is 1. The largest absolute Gasteiger partial charge is 0.469 e. The van der Waals surface area contributed by atoms with E-state index in [9.17, 15) is 9.90 Å². The zero-order valence-electron chi connectivity index (χ0n) is 15.6. The van der Waals surface area contributed by atoms with E-state index in [1.54, 1.807) is 0 Å². The Labute approximate surface area is 154 Å². The van der Waals surface area contributed by atoms with Crippen LogP contribution >= 0.6 is 0 Å². The van der Waals surface area contributed by atoms with Gasteiger partial charge in [0.05, 0.1) is 24.5 Å². The molecule has 1 aromatic rings. The summed E-state index contributed by atoms with van der Waals surface area (Å²) in [5.41, 5.74) is 2.59. The first-order chi connectivity index (χ1) is 12.5. The van der Waals surface area contributed by atoms with Gasteiger partial charge in [0.1, 0.15) is 5.66 Å². The van der Waals surface area contributed by atoms with Gasteiger partial charge in [0.15, 0.2) is 0 Å². The molecular formula is C21H26N2O3. The van der Waals surface area contributed by atoms with Crippen molar-refractivity contribution in [3.63, 3.8) is 0 Å². The van der Waals surface area contributed by atoms with Crippen molar-refractivity contribution in [3.05, 3.63) is 41.5 Å². The molecule has 3 saturated heterocycles. The normalized spacial score (nSPS) is 44.0. The number of aliphatic hydroxyl groups excluding tert-OH is 1. The molecule has 1 aromatic carbocycles. The molecule has 4 aliphatic heterocycles. The lowest BCUT2D eigenvalue weighted by atomic mass is 9.53. The van der Waals surface area contributed by atoms with Crippen molar-refractivity contribution >= 4 is 11.7 Å². The van der Waals surface area contributed by atoms with E-state index in [4.69, 9.17) is 4.74 Å². The van der Waals surface area contributed by atoms with Crippen LogP contribution in [0.25, 0.3) is 0 Å². The Hall–Kier alpha value is -1.85. The number of anilines is 1. The molecule has 5 heteroatoms. The summed E-state index contributed by atoms with van der Waals surface area (Å²) in [6, 6.07) is 8.37. The fourth-order valence-corrected chi connectivity index (χ4v) is 6.99. The molecule has 138 valence electrons. The first-order valence-electron chi connectivity index (χ1n) is 9.53. The highest BCUT2D eigenvalue weighted by Gasteiger charge is 2.78.